The molecule has 0 spiro atoms. The summed E-state index contributed by atoms with van der Waals surface area (Å²) in [7, 11) is 0. The Labute approximate surface area is 91.3 Å². The molecule has 1 fully saturated rings. The molecule has 2 heteroatoms. The highest BCUT2D eigenvalue weighted by Crippen LogP contribution is 2.26. The Kier molecular flexibility index (Phi) is 3.39. The second kappa shape index (κ2) is 4.77. The van der Waals surface area contributed by atoms with Crippen LogP contribution in [-0.2, 0) is 0 Å². The minimum absolute atomic E-state index is 0.323. The fraction of sp³-hybridized carbons (Fsp3) is 0.538. The van der Waals surface area contributed by atoms with Crippen molar-refractivity contribution in [3.8, 4) is 0 Å². The Morgan fingerprint density at radius 3 is 2.73 bits per heavy atom. The molecule has 1 saturated heterocycles. The van der Waals surface area contributed by atoms with Crippen LogP contribution in [0.2, 0.25) is 0 Å². The van der Waals surface area contributed by atoms with Crippen LogP contribution >= 0.6 is 0 Å². The van der Waals surface area contributed by atoms with Gasteiger partial charge in [-0.25, -0.2) is 0 Å². The number of aliphatic hydroxyl groups excluding tert-OH is 1. The van der Waals surface area contributed by atoms with E-state index in [1.807, 2.05) is 0 Å². The minimum Gasteiger partial charge on any atom is -0.396 e. The third-order valence-corrected chi connectivity index (χ3v) is 3.25. The van der Waals surface area contributed by atoms with Gasteiger partial charge in [0.05, 0.1) is 0 Å². The standard InChI is InChI=1S/C13H19NO/c1-10-2-4-12(5-3-10)13-8-11(9-15)6-7-14-13/h2-5,11,13-15H,6-9H2,1H3. The van der Waals surface area contributed by atoms with Gasteiger partial charge in [-0.15, -0.1) is 0 Å². The van der Waals surface area contributed by atoms with Crippen molar-refractivity contribution < 1.29 is 5.11 Å². The van der Waals surface area contributed by atoms with Gasteiger partial charge in [-0.05, 0) is 37.8 Å². The van der Waals surface area contributed by atoms with Crippen LogP contribution in [-0.4, -0.2) is 18.3 Å². The largest absolute Gasteiger partial charge is 0.396 e. The predicted molar refractivity (Wildman–Crippen MR) is 61.7 cm³/mol. The van der Waals surface area contributed by atoms with Crippen molar-refractivity contribution in [3.05, 3.63) is 35.4 Å². The molecule has 0 amide bonds. The summed E-state index contributed by atoms with van der Waals surface area (Å²) in [6.45, 7) is 3.45. The summed E-state index contributed by atoms with van der Waals surface area (Å²) >= 11 is 0. The molecule has 2 unspecified atom stereocenters. The summed E-state index contributed by atoms with van der Waals surface area (Å²) in [5, 5.41) is 12.7. The van der Waals surface area contributed by atoms with Gasteiger partial charge in [-0.1, -0.05) is 29.8 Å². The van der Waals surface area contributed by atoms with Gasteiger partial charge >= 0.3 is 0 Å². The number of aryl methyl sites for hydroxylation is 1. The lowest BCUT2D eigenvalue weighted by Gasteiger charge is -2.29. The molecule has 1 aromatic rings. The van der Waals surface area contributed by atoms with E-state index in [0.717, 1.165) is 19.4 Å². The topological polar surface area (TPSA) is 32.3 Å². The van der Waals surface area contributed by atoms with Crippen LogP contribution in [0, 0.1) is 12.8 Å². The van der Waals surface area contributed by atoms with E-state index in [9.17, 15) is 5.11 Å². The fourth-order valence-corrected chi connectivity index (χ4v) is 2.21. The molecule has 2 N–H and O–H groups in total. The van der Waals surface area contributed by atoms with Crippen molar-refractivity contribution in [1.29, 1.82) is 0 Å². The highest BCUT2D eigenvalue weighted by atomic mass is 16.3. The lowest BCUT2D eigenvalue weighted by Crippen LogP contribution is -2.33. The van der Waals surface area contributed by atoms with Crippen LogP contribution < -0.4 is 5.32 Å². The maximum absolute atomic E-state index is 9.17. The van der Waals surface area contributed by atoms with Crippen molar-refractivity contribution in [2.24, 2.45) is 5.92 Å². The Morgan fingerprint density at radius 1 is 1.33 bits per heavy atom. The van der Waals surface area contributed by atoms with Crippen molar-refractivity contribution in [1.82, 2.24) is 5.32 Å². The van der Waals surface area contributed by atoms with Crippen LogP contribution in [0.15, 0.2) is 24.3 Å². The van der Waals surface area contributed by atoms with E-state index in [2.05, 4.69) is 36.5 Å². The van der Waals surface area contributed by atoms with Crippen LogP contribution in [0.5, 0.6) is 0 Å². The van der Waals surface area contributed by atoms with Crippen molar-refractivity contribution in [3.63, 3.8) is 0 Å². The van der Waals surface area contributed by atoms with Crippen LogP contribution in [0.3, 0.4) is 0 Å². The van der Waals surface area contributed by atoms with Gasteiger partial charge < -0.3 is 10.4 Å². The summed E-state index contributed by atoms with van der Waals surface area (Å²) in [6, 6.07) is 9.11. The van der Waals surface area contributed by atoms with E-state index in [1.165, 1.54) is 11.1 Å². The molecule has 1 aliphatic rings. The monoisotopic (exact) mass is 205 g/mol. The molecule has 2 atom stereocenters. The molecular weight excluding hydrogens is 186 g/mol. The van der Waals surface area contributed by atoms with Gasteiger partial charge in [0.1, 0.15) is 0 Å². The second-order valence-corrected chi connectivity index (χ2v) is 4.49. The first-order valence-electron chi connectivity index (χ1n) is 5.70. The van der Waals surface area contributed by atoms with Gasteiger partial charge in [0.25, 0.3) is 0 Å². The normalized spacial score (nSPS) is 26.5. The first-order valence-corrected chi connectivity index (χ1v) is 5.70. The lowest BCUT2D eigenvalue weighted by atomic mass is 9.89. The SMILES string of the molecule is Cc1ccc(C2CC(CO)CCN2)cc1. The lowest BCUT2D eigenvalue weighted by molar-refractivity contribution is 0.176. The smallest absolute Gasteiger partial charge is 0.0460 e. The molecule has 82 valence electrons. The Balaban J connectivity index is 2.06. The van der Waals surface area contributed by atoms with E-state index in [-0.39, 0.29) is 0 Å². The molecule has 2 rings (SSSR count). The number of rotatable bonds is 2. The zero-order valence-corrected chi connectivity index (χ0v) is 9.24. The number of aliphatic hydroxyl groups is 1. The molecule has 0 saturated carbocycles. The summed E-state index contributed by atoms with van der Waals surface area (Å²) in [5.41, 5.74) is 2.65. The first kappa shape index (κ1) is 10.7. The maximum atomic E-state index is 9.17. The fourth-order valence-electron chi connectivity index (χ4n) is 2.21. The molecule has 1 aliphatic heterocycles. The van der Waals surface area contributed by atoms with E-state index in [4.69, 9.17) is 0 Å². The number of piperidine rings is 1. The molecule has 0 radical (unpaired) electrons. The number of benzene rings is 1. The third kappa shape index (κ3) is 2.58. The van der Waals surface area contributed by atoms with Crippen molar-refractivity contribution in [2.75, 3.05) is 13.2 Å². The van der Waals surface area contributed by atoms with Gasteiger partial charge in [-0.3, -0.25) is 0 Å². The Hall–Kier alpha value is -0.860. The molecule has 0 aliphatic carbocycles. The zero-order valence-electron chi connectivity index (χ0n) is 9.24. The number of nitrogens with one attached hydrogen (secondary N) is 1. The Morgan fingerprint density at radius 2 is 2.07 bits per heavy atom. The average molecular weight is 205 g/mol. The molecule has 0 bridgehead atoms. The summed E-state index contributed by atoms with van der Waals surface area (Å²) in [4.78, 5) is 0. The first-order chi connectivity index (χ1) is 7.29. The predicted octanol–water partition coefficient (Wildman–Crippen LogP) is 2.03. The van der Waals surface area contributed by atoms with Crippen molar-refractivity contribution >= 4 is 0 Å². The average Bonchev–Trinajstić information content (AvgIpc) is 2.30. The molecule has 0 aromatic heterocycles. The van der Waals surface area contributed by atoms with Gasteiger partial charge in [0.2, 0.25) is 0 Å². The molecule has 1 aromatic carbocycles. The van der Waals surface area contributed by atoms with Gasteiger partial charge in [-0.2, -0.15) is 0 Å². The van der Waals surface area contributed by atoms with Crippen LogP contribution in [0.4, 0.5) is 0 Å². The molecular formula is C13H19NO. The molecule has 2 nitrogen and oxygen atoms in total. The highest BCUT2D eigenvalue weighted by Gasteiger charge is 2.21. The highest BCUT2D eigenvalue weighted by molar-refractivity contribution is 5.24. The third-order valence-electron chi connectivity index (χ3n) is 3.25. The second-order valence-electron chi connectivity index (χ2n) is 4.49. The van der Waals surface area contributed by atoms with Crippen LogP contribution in [0.25, 0.3) is 0 Å². The number of hydrogen-bond donors (Lipinski definition) is 2. The van der Waals surface area contributed by atoms with E-state index in [1.54, 1.807) is 0 Å². The van der Waals surface area contributed by atoms with E-state index in [0.29, 0.717) is 18.6 Å². The molecule has 15 heavy (non-hydrogen) atoms. The summed E-state index contributed by atoms with van der Waals surface area (Å²) in [5.74, 6) is 0.470. The Bertz CT molecular complexity index is 307. The summed E-state index contributed by atoms with van der Waals surface area (Å²) < 4.78 is 0. The van der Waals surface area contributed by atoms with E-state index < -0.39 is 0 Å². The maximum Gasteiger partial charge on any atom is 0.0460 e. The summed E-state index contributed by atoms with van der Waals surface area (Å²) in [6.07, 6.45) is 2.15. The molecule has 1 heterocycles. The van der Waals surface area contributed by atoms with Crippen molar-refractivity contribution in [2.45, 2.75) is 25.8 Å². The van der Waals surface area contributed by atoms with Gasteiger partial charge in [0.15, 0.2) is 0 Å². The zero-order chi connectivity index (χ0) is 10.7. The quantitative estimate of drug-likeness (QED) is 0.774. The van der Waals surface area contributed by atoms with E-state index >= 15 is 0 Å². The van der Waals surface area contributed by atoms with Crippen LogP contribution in [0.1, 0.15) is 30.0 Å². The van der Waals surface area contributed by atoms with Gasteiger partial charge in [0, 0.05) is 12.6 Å². The minimum atomic E-state index is 0.323. The number of hydrogen-bond acceptors (Lipinski definition) is 2.